The van der Waals surface area contributed by atoms with Crippen molar-refractivity contribution in [1.82, 2.24) is 19.7 Å². The van der Waals surface area contributed by atoms with Crippen LogP contribution >= 0.6 is 11.6 Å². The zero-order valence-electron chi connectivity index (χ0n) is 17.4. The van der Waals surface area contributed by atoms with Crippen LogP contribution in [0.2, 0.25) is 5.02 Å². The lowest BCUT2D eigenvalue weighted by molar-refractivity contribution is 0.405. The molecule has 2 N–H and O–H groups in total. The molecular weight excluding hydrogens is 420 g/mol. The molecule has 0 atom stereocenters. The molecule has 0 aliphatic heterocycles. The van der Waals surface area contributed by atoms with Gasteiger partial charge in [-0.3, -0.25) is 4.68 Å². The van der Waals surface area contributed by atoms with Crippen molar-refractivity contribution in [2.75, 3.05) is 32.0 Å². The molecule has 2 heterocycles. The van der Waals surface area contributed by atoms with Crippen LogP contribution in [0.3, 0.4) is 0 Å². The molecule has 4 aromatic rings. The minimum Gasteiger partial charge on any atom is -0.497 e. The van der Waals surface area contributed by atoms with Gasteiger partial charge in [-0.1, -0.05) is 11.6 Å². The quantitative estimate of drug-likeness (QED) is 0.432. The van der Waals surface area contributed by atoms with Gasteiger partial charge < -0.3 is 24.8 Å². The van der Waals surface area contributed by atoms with Gasteiger partial charge in [-0.05, 0) is 30.3 Å². The second kappa shape index (κ2) is 8.57. The minimum atomic E-state index is 0.366. The molecule has 0 aliphatic carbocycles. The van der Waals surface area contributed by atoms with Crippen molar-refractivity contribution in [3.8, 4) is 17.2 Å². The number of halogens is 1. The predicted octanol–water partition coefficient (Wildman–Crippen LogP) is 4.53. The van der Waals surface area contributed by atoms with Crippen LogP contribution in [0.25, 0.3) is 11.0 Å². The van der Waals surface area contributed by atoms with Gasteiger partial charge in [0.15, 0.2) is 5.65 Å². The van der Waals surface area contributed by atoms with Crippen LogP contribution in [0.5, 0.6) is 17.2 Å². The van der Waals surface area contributed by atoms with Crippen LogP contribution in [0, 0.1) is 0 Å². The van der Waals surface area contributed by atoms with Gasteiger partial charge in [-0.15, -0.1) is 0 Å². The van der Waals surface area contributed by atoms with E-state index in [1.165, 1.54) is 0 Å². The smallest absolute Gasteiger partial charge is 0.231 e. The molecule has 0 bridgehead atoms. The Morgan fingerprint density at radius 3 is 2.39 bits per heavy atom. The number of anilines is 4. The van der Waals surface area contributed by atoms with Gasteiger partial charge >= 0.3 is 0 Å². The Morgan fingerprint density at radius 1 is 0.903 bits per heavy atom. The highest BCUT2D eigenvalue weighted by molar-refractivity contribution is 6.32. The Kier molecular flexibility index (Phi) is 5.68. The van der Waals surface area contributed by atoms with E-state index in [-0.39, 0.29) is 0 Å². The van der Waals surface area contributed by atoms with E-state index in [9.17, 15) is 0 Å². The van der Waals surface area contributed by atoms with Gasteiger partial charge in [0.25, 0.3) is 0 Å². The average molecular weight is 441 g/mol. The number of ether oxygens (including phenoxy) is 3. The van der Waals surface area contributed by atoms with E-state index < -0.39 is 0 Å². The highest BCUT2D eigenvalue weighted by Gasteiger charge is 2.14. The van der Waals surface area contributed by atoms with E-state index >= 15 is 0 Å². The summed E-state index contributed by atoms with van der Waals surface area (Å²) < 4.78 is 17.7. The second-order valence-electron chi connectivity index (χ2n) is 6.57. The zero-order valence-corrected chi connectivity index (χ0v) is 18.2. The number of fused-ring (bicyclic) bond motifs is 1. The maximum atomic E-state index is 6.27. The first-order valence-corrected chi connectivity index (χ1v) is 9.69. The molecule has 0 unspecified atom stereocenters. The van der Waals surface area contributed by atoms with Crippen molar-refractivity contribution >= 4 is 45.8 Å². The lowest BCUT2D eigenvalue weighted by Crippen LogP contribution is -2.04. The molecule has 10 heteroatoms. The van der Waals surface area contributed by atoms with Crippen molar-refractivity contribution in [3.05, 3.63) is 47.6 Å². The number of rotatable bonds is 7. The van der Waals surface area contributed by atoms with Gasteiger partial charge in [0.1, 0.15) is 23.1 Å². The molecule has 2 aromatic heterocycles. The summed E-state index contributed by atoms with van der Waals surface area (Å²) in [6, 6.07) is 10.8. The van der Waals surface area contributed by atoms with Crippen LogP contribution in [0.4, 0.5) is 23.1 Å². The minimum absolute atomic E-state index is 0.366. The van der Waals surface area contributed by atoms with E-state index in [0.717, 1.165) is 11.1 Å². The molecule has 0 saturated heterocycles. The van der Waals surface area contributed by atoms with Crippen molar-refractivity contribution in [3.63, 3.8) is 0 Å². The van der Waals surface area contributed by atoms with E-state index in [1.54, 1.807) is 44.3 Å². The standard InChI is InChI=1S/C21H21ClN6O3/c1-28-20-14(11-23-28)19(24-12-5-7-17(30-3)15(22)9-12)26-21(27-20)25-16-10-13(29-2)6-8-18(16)31-4/h5-11H,1-4H3,(H2,24,25,26,27). The number of benzene rings is 2. The monoisotopic (exact) mass is 440 g/mol. The molecule has 0 amide bonds. The van der Waals surface area contributed by atoms with Crippen LogP contribution in [0.15, 0.2) is 42.6 Å². The van der Waals surface area contributed by atoms with Gasteiger partial charge in [0.2, 0.25) is 5.95 Å². The summed E-state index contributed by atoms with van der Waals surface area (Å²) in [7, 11) is 6.59. The number of aryl methyl sites for hydroxylation is 1. The second-order valence-corrected chi connectivity index (χ2v) is 6.97. The molecule has 2 aromatic carbocycles. The molecule has 0 aliphatic rings. The van der Waals surface area contributed by atoms with Gasteiger partial charge in [0, 0.05) is 18.8 Å². The fourth-order valence-electron chi connectivity index (χ4n) is 3.09. The zero-order chi connectivity index (χ0) is 22.0. The van der Waals surface area contributed by atoms with Crippen molar-refractivity contribution < 1.29 is 14.2 Å². The summed E-state index contributed by atoms with van der Waals surface area (Å²) in [5.74, 6) is 2.84. The first kappa shape index (κ1) is 20.5. The highest BCUT2D eigenvalue weighted by atomic mass is 35.5. The van der Waals surface area contributed by atoms with E-state index in [2.05, 4.69) is 25.7 Å². The van der Waals surface area contributed by atoms with Crippen molar-refractivity contribution in [2.24, 2.45) is 7.05 Å². The summed E-state index contributed by atoms with van der Waals surface area (Å²) in [5.41, 5.74) is 2.07. The topological polar surface area (TPSA) is 95.4 Å². The van der Waals surface area contributed by atoms with E-state index in [4.69, 9.17) is 25.8 Å². The third-order valence-corrected chi connectivity index (χ3v) is 4.96. The Labute approximate surface area is 183 Å². The first-order chi connectivity index (χ1) is 15.0. The maximum Gasteiger partial charge on any atom is 0.231 e. The molecule has 160 valence electrons. The number of hydrogen-bond donors (Lipinski definition) is 2. The Hall–Kier alpha value is -3.72. The van der Waals surface area contributed by atoms with Crippen molar-refractivity contribution in [1.29, 1.82) is 0 Å². The third kappa shape index (κ3) is 4.13. The van der Waals surface area contributed by atoms with Crippen LogP contribution < -0.4 is 24.8 Å². The Morgan fingerprint density at radius 2 is 1.68 bits per heavy atom. The van der Waals surface area contributed by atoms with E-state index in [1.807, 2.05) is 31.3 Å². The lowest BCUT2D eigenvalue weighted by atomic mass is 10.2. The fourth-order valence-corrected chi connectivity index (χ4v) is 3.34. The predicted molar refractivity (Wildman–Crippen MR) is 120 cm³/mol. The fraction of sp³-hybridized carbons (Fsp3) is 0.190. The molecular formula is C21H21ClN6O3. The van der Waals surface area contributed by atoms with Crippen LogP contribution in [0.1, 0.15) is 0 Å². The summed E-state index contributed by atoms with van der Waals surface area (Å²) >= 11 is 6.27. The maximum absolute atomic E-state index is 6.27. The van der Waals surface area contributed by atoms with E-state index in [0.29, 0.717) is 45.4 Å². The number of nitrogens with one attached hydrogen (secondary N) is 2. The summed E-state index contributed by atoms with van der Waals surface area (Å²) in [5, 5.41) is 12.1. The molecule has 0 fully saturated rings. The first-order valence-electron chi connectivity index (χ1n) is 9.31. The van der Waals surface area contributed by atoms with Gasteiger partial charge in [-0.25, -0.2) is 0 Å². The van der Waals surface area contributed by atoms with Gasteiger partial charge in [-0.2, -0.15) is 15.1 Å². The summed E-state index contributed by atoms with van der Waals surface area (Å²) in [6.45, 7) is 0. The lowest BCUT2D eigenvalue weighted by Gasteiger charge is -2.14. The van der Waals surface area contributed by atoms with Gasteiger partial charge in [0.05, 0.1) is 43.6 Å². The van der Waals surface area contributed by atoms with Crippen LogP contribution in [-0.4, -0.2) is 41.1 Å². The molecule has 9 nitrogen and oxygen atoms in total. The Balaban J connectivity index is 1.75. The largest absolute Gasteiger partial charge is 0.497 e. The SMILES string of the molecule is COc1ccc(OC)c(Nc2nc(Nc3ccc(OC)c(Cl)c3)c3cnn(C)c3n2)c1. The van der Waals surface area contributed by atoms with Crippen LogP contribution in [-0.2, 0) is 7.05 Å². The van der Waals surface area contributed by atoms with Crippen molar-refractivity contribution in [2.45, 2.75) is 0 Å². The molecule has 31 heavy (non-hydrogen) atoms. The third-order valence-electron chi connectivity index (χ3n) is 4.66. The number of nitrogens with zero attached hydrogens (tertiary/aromatic N) is 4. The summed E-state index contributed by atoms with van der Waals surface area (Å²) in [6.07, 6.45) is 1.71. The number of aromatic nitrogens is 4. The Bertz CT molecular complexity index is 1240. The molecule has 0 spiro atoms. The normalized spacial score (nSPS) is 10.7. The highest BCUT2D eigenvalue weighted by Crippen LogP contribution is 2.33. The molecule has 4 rings (SSSR count). The molecule has 0 radical (unpaired) electrons. The molecule has 0 saturated carbocycles. The number of hydrogen-bond acceptors (Lipinski definition) is 8. The number of methoxy groups -OCH3 is 3. The average Bonchev–Trinajstić information content (AvgIpc) is 3.15. The summed E-state index contributed by atoms with van der Waals surface area (Å²) in [4.78, 5) is 9.25.